The van der Waals surface area contributed by atoms with E-state index in [1.807, 2.05) is 0 Å². The Hall–Kier alpha value is 0.130. The van der Waals surface area contributed by atoms with Crippen molar-refractivity contribution in [3.05, 3.63) is 5.21 Å². The molecule has 2 fully saturated rings. The third kappa shape index (κ3) is 1.58. The van der Waals surface area contributed by atoms with Crippen LogP contribution in [0.15, 0.2) is 0 Å². The minimum absolute atomic E-state index is 0.124. The molecule has 70 valence electrons. The van der Waals surface area contributed by atoms with Gasteiger partial charge in [0.25, 0.3) is 0 Å². The lowest BCUT2D eigenvalue weighted by molar-refractivity contribution is -0.932. The van der Waals surface area contributed by atoms with Gasteiger partial charge in [0.05, 0.1) is 6.04 Å². The van der Waals surface area contributed by atoms with E-state index in [2.05, 4.69) is 10.7 Å². The monoisotopic (exact) mass is 191 g/mol. The Morgan fingerprint density at radius 2 is 2.08 bits per heavy atom. The number of fused-ring (bicyclic) bond motifs is 1. The minimum Gasteiger partial charge on any atom is -0.613 e. The highest BCUT2D eigenvalue weighted by atomic mass is 35.5. The summed E-state index contributed by atoms with van der Waals surface area (Å²) >= 11 is 5.79. The molecule has 4 unspecified atom stereocenters. The Morgan fingerprint density at radius 3 is 2.92 bits per heavy atom. The molecule has 0 aromatic carbocycles. The first-order valence-corrected chi connectivity index (χ1v) is 4.91. The zero-order chi connectivity index (χ0) is 8.55. The molecule has 3 N–H and O–H groups in total. The Bertz CT molecular complexity index is 169. The molecule has 0 bridgehead atoms. The van der Waals surface area contributed by atoms with Gasteiger partial charge in [0, 0.05) is 6.42 Å². The quantitative estimate of drug-likeness (QED) is 0.270. The van der Waals surface area contributed by atoms with Gasteiger partial charge in [0.15, 0.2) is 5.62 Å². The minimum atomic E-state index is -0.364. The van der Waals surface area contributed by atoms with Gasteiger partial charge in [-0.15, -0.1) is 5.43 Å². The first-order chi connectivity index (χ1) is 5.77. The highest BCUT2D eigenvalue weighted by Gasteiger charge is 2.36. The lowest BCUT2D eigenvalue weighted by Gasteiger charge is -2.45. The number of nitrogens with one attached hydrogen (secondary N) is 3. The second-order valence-corrected chi connectivity index (χ2v) is 3.97. The molecular formula is C7H14ClN3O. The Morgan fingerprint density at radius 1 is 1.33 bits per heavy atom. The number of quaternary nitrogens is 1. The van der Waals surface area contributed by atoms with Crippen LogP contribution in [-0.2, 0) is 0 Å². The third-order valence-electron chi connectivity index (χ3n) is 2.73. The highest BCUT2D eigenvalue weighted by Crippen LogP contribution is 2.18. The van der Waals surface area contributed by atoms with Crippen LogP contribution < -0.4 is 15.9 Å². The van der Waals surface area contributed by atoms with E-state index in [1.54, 1.807) is 0 Å². The van der Waals surface area contributed by atoms with Crippen LogP contribution in [0.2, 0.25) is 0 Å². The molecule has 0 spiro atoms. The van der Waals surface area contributed by atoms with E-state index in [4.69, 9.17) is 11.6 Å². The van der Waals surface area contributed by atoms with Gasteiger partial charge in [-0.2, -0.15) is 0 Å². The second-order valence-electron chi connectivity index (χ2n) is 3.54. The van der Waals surface area contributed by atoms with Gasteiger partial charge in [0.1, 0.15) is 6.04 Å². The SMILES string of the molecule is [O-][NH+]1NC(Cl)NC2CCCCC21. The van der Waals surface area contributed by atoms with Crippen molar-refractivity contribution in [2.24, 2.45) is 0 Å². The number of hydrogen-bond donors (Lipinski definition) is 3. The molecule has 0 aromatic heterocycles. The lowest BCUT2D eigenvalue weighted by atomic mass is 9.90. The molecular weight excluding hydrogens is 178 g/mol. The van der Waals surface area contributed by atoms with Crippen molar-refractivity contribution >= 4 is 11.6 Å². The maximum Gasteiger partial charge on any atom is 0.180 e. The van der Waals surface area contributed by atoms with Crippen molar-refractivity contribution in [3.8, 4) is 0 Å². The molecule has 1 saturated carbocycles. The van der Waals surface area contributed by atoms with Gasteiger partial charge in [-0.3, -0.25) is 10.5 Å². The van der Waals surface area contributed by atoms with Gasteiger partial charge in [-0.1, -0.05) is 18.0 Å². The largest absolute Gasteiger partial charge is 0.613 e. The van der Waals surface area contributed by atoms with Gasteiger partial charge in [-0.25, -0.2) is 0 Å². The van der Waals surface area contributed by atoms with Gasteiger partial charge in [0.2, 0.25) is 0 Å². The standard InChI is InChI=1S/C7H14ClN3O/c8-7-9-5-3-1-2-4-6(5)11(12)10-7/h5-7,9-11H,1-4H2. The van der Waals surface area contributed by atoms with Gasteiger partial charge in [-0.05, 0) is 12.8 Å². The predicted molar refractivity (Wildman–Crippen MR) is 46.3 cm³/mol. The fraction of sp³-hybridized carbons (Fsp3) is 1.00. The average Bonchev–Trinajstić information content (AvgIpc) is 2.04. The molecule has 0 aromatic rings. The Labute approximate surface area is 76.8 Å². The molecule has 0 amide bonds. The highest BCUT2D eigenvalue weighted by molar-refractivity contribution is 6.20. The van der Waals surface area contributed by atoms with Crippen molar-refractivity contribution in [2.45, 2.75) is 43.4 Å². The summed E-state index contributed by atoms with van der Waals surface area (Å²) in [7, 11) is 0. The summed E-state index contributed by atoms with van der Waals surface area (Å²) in [5.41, 5.74) is 2.33. The maximum atomic E-state index is 11.4. The Kier molecular flexibility index (Phi) is 2.52. The summed E-state index contributed by atoms with van der Waals surface area (Å²) in [6, 6.07) is 0.476. The van der Waals surface area contributed by atoms with E-state index in [0.717, 1.165) is 12.8 Å². The van der Waals surface area contributed by atoms with Crippen LogP contribution in [0.5, 0.6) is 0 Å². The maximum absolute atomic E-state index is 11.4. The van der Waals surface area contributed by atoms with Crippen LogP contribution in [-0.4, -0.2) is 17.7 Å². The molecule has 4 atom stereocenters. The van der Waals surface area contributed by atoms with Crippen molar-refractivity contribution in [3.63, 3.8) is 0 Å². The van der Waals surface area contributed by atoms with Crippen LogP contribution in [0.4, 0.5) is 0 Å². The van der Waals surface area contributed by atoms with Crippen LogP contribution in [0.1, 0.15) is 25.7 Å². The topological polar surface area (TPSA) is 51.6 Å². The van der Waals surface area contributed by atoms with Crippen LogP contribution in [0, 0.1) is 5.21 Å². The normalized spacial score (nSPS) is 48.5. The molecule has 2 rings (SSSR count). The summed E-state index contributed by atoms with van der Waals surface area (Å²) in [6.45, 7) is 0. The van der Waals surface area contributed by atoms with E-state index in [9.17, 15) is 5.21 Å². The first-order valence-electron chi connectivity index (χ1n) is 4.48. The second kappa shape index (κ2) is 3.47. The first kappa shape index (κ1) is 8.72. The molecule has 1 aliphatic carbocycles. The van der Waals surface area contributed by atoms with Crippen molar-refractivity contribution in [1.82, 2.24) is 10.7 Å². The van der Waals surface area contributed by atoms with Crippen LogP contribution in [0.3, 0.4) is 0 Å². The summed E-state index contributed by atoms with van der Waals surface area (Å²) in [6.07, 6.45) is 4.47. The summed E-state index contributed by atoms with van der Waals surface area (Å²) in [4.78, 5) is 0. The van der Waals surface area contributed by atoms with E-state index >= 15 is 0 Å². The third-order valence-corrected chi connectivity index (χ3v) is 2.97. The molecule has 1 saturated heterocycles. The number of hydrogen-bond acceptors (Lipinski definition) is 3. The molecule has 1 heterocycles. The summed E-state index contributed by atoms with van der Waals surface area (Å²) in [5.74, 6) is 0. The number of hydroxylamine groups is 1. The molecule has 2 aliphatic rings. The number of halogens is 1. The van der Waals surface area contributed by atoms with Crippen molar-refractivity contribution in [1.29, 1.82) is 0 Å². The van der Waals surface area contributed by atoms with E-state index in [-0.39, 0.29) is 16.8 Å². The van der Waals surface area contributed by atoms with Crippen molar-refractivity contribution < 1.29 is 5.17 Å². The Balaban J connectivity index is 2.01. The lowest BCUT2D eigenvalue weighted by Crippen LogP contribution is -3.22. The molecule has 12 heavy (non-hydrogen) atoms. The number of alkyl halides is 1. The van der Waals surface area contributed by atoms with E-state index < -0.39 is 0 Å². The number of rotatable bonds is 0. The fourth-order valence-electron chi connectivity index (χ4n) is 2.11. The van der Waals surface area contributed by atoms with Crippen molar-refractivity contribution in [2.75, 3.05) is 0 Å². The van der Waals surface area contributed by atoms with E-state index in [0.29, 0.717) is 6.04 Å². The zero-order valence-electron chi connectivity index (χ0n) is 6.85. The molecule has 1 aliphatic heterocycles. The van der Waals surface area contributed by atoms with E-state index in [1.165, 1.54) is 12.8 Å². The van der Waals surface area contributed by atoms with Crippen LogP contribution in [0.25, 0.3) is 0 Å². The fourth-order valence-corrected chi connectivity index (χ4v) is 2.38. The molecule has 4 nitrogen and oxygen atoms in total. The van der Waals surface area contributed by atoms with Crippen LogP contribution >= 0.6 is 11.6 Å². The zero-order valence-corrected chi connectivity index (χ0v) is 7.60. The summed E-state index contributed by atoms with van der Waals surface area (Å²) in [5, 5.41) is 14.7. The van der Waals surface area contributed by atoms with Gasteiger partial charge < -0.3 is 5.21 Å². The summed E-state index contributed by atoms with van der Waals surface area (Å²) < 4.78 is 0. The van der Waals surface area contributed by atoms with Gasteiger partial charge >= 0.3 is 0 Å². The average molecular weight is 192 g/mol. The smallest absolute Gasteiger partial charge is 0.180 e. The predicted octanol–water partition coefficient (Wildman–Crippen LogP) is -0.690. The molecule has 5 heteroatoms. The molecule has 0 radical (unpaired) electrons.